The minimum absolute atomic E-state index is 0.163. The van der Waals surface area contributed by atoms with Crippen LogP contribution in [0.5, 0.6) is 0 Å². The first kappa shape index (κ1) is 9.48. The highest BCUT2D eigenvalue weighted by molar-refractivity contribution is 5.33. The average molecular weight is 196 g/mol. The molecule has 1 fully saturated rings. The third-order valence-corrected chi connectivity index (χ3v) is 2.61. The molecule has 0 spiro atoms. The molecule has 0 bridgehead atoms. The lowest BCUT2D eigenvalue weighted by Gasteiger charge is -2.14. The highest BCUT2D eigenvalue weighted by Crippen LogP contribution is 2.13. The predicted molar refractivity (Wildman–Crippen MR) is 54.0 cm³/mol. The van der Waals surface area contributed by atoms with E-state index in [1.807, 2.05) is 13.1 Å². The Hall–Kier alpha value is -1.07. The van der Waals surface area contributed by atoms with E-state index in [-0.39, 0.29) is 6.04 Å². The highest BCUT2D eigenvalue weighted by atomic mass is 16.5. The standard InChI is InChI=1S/C9H16N4O/c1-13-9(2-3-12-13)11-4-7-5-14-6-8(7)10/h2-3,7-8,11H,4-6,10H2,1H3. The summed E-state index contributed by atoms with van der Waals surface area (Å²) in [4.78, 5) is 0. The zero-order valence-corrected chi connectivity index (χ0v) is 8.31. The van der Waals surface area contributed by atoms with E-state index in [4.69, 9.17) is 10.5 Å². The maximum Gasteiger partial charge on any atom is 0.123 e. The molecule has 2 atom stereocenters. The van der Waals surface area contributed by atoms with Gasteiger partial charge in [-0.15, -0.1) is 0 Å². The maximum atomic E-state index is 5.87. The molecule has 5 nitrogen and oxygen atoms in total. The first-order valence-electron chi connectivity index (χ1n) is 4.82. The van der Waals surface area contributed by atoms with Crippen LogP contribution in [0.15, 0.2) is 12.3 Å². The van der Waals surface area contributed by atoms with E-state index in [9.17, 15) is 0 Å². The monoisotopic (exact) mass is 196 g/mol. The summed E-state index contributed by atoms with van der Waals surface area (Å²) in [6.07, 6.45) is 1.77. The Balaban J connectivity index is 1.85. The van der Waals surface area contributed by atoms with Crippen molar-refractivity contribution >= 4 is 5.82 Å². The molecule has 78 valence electrons. The van der Waals surface area contributed by atoms with Crippen LogP contribution in [0.3, 0.4) is 0 Å². The van der Waals surface area contributed by atoms with Crippen LogP contribution in [0.25, 0.3) is 0 Å². The summed E-state index contributed by atoms with van der Waals surface area (Å²) >= 11 is 0. The molecule has 0 saturated carbocycles. The highest BCUT2D eigenvalue weighted by Gasteiger charge is 2.24. The number of rotatable bonds is 3. The topological polar surface area (TPSA) is 65.1 Å². The van der Waals surface area contributed by atoms with Crippen LogP contribution in [-0.4, -0.2) is 35.6 Å². The van der Waals surface area contributed by atoms with Gasteiger partial charge < -0.3 is 15.8 Å². The lowest BCUT2D eigenvalue weighted by atomic mass is 10.1. The zero-order chi connectivity index (χ0) is 9.97. The Morgan fingerprint density at radius 1 is 1.71 bits per heavy atom. The molecule has 0 aromatic carbocycles. The summed E-state index contributed by atoms with van der Waals surface area (Å²) < 4.78 is 7.09. The second-order valence-electron chi connectivity index (χ2n) is 3.68. The van der Waals surface area contributed by atoms with E-state index in [2.05, 4.69) is 10.4 Å². The van der Waals surface area contributed by atoms with Gasteiger partial charge in [0.25, 0.3) is 0 Å². The fourth-order valence-electron chi connectivity index (χ4n) is 1.61. The summed E-state index contributed by atoms with van der Waals surface area (Å²) in [7, 11) is 1.91. The SMILES string of the molecule is Cn1nccc1NCC1COCC1N. The van der Waals surface area contributed by atoms with Gasteiger partial charge in [-0.1, -0.05) is 0 Å². The molecule has 1 aliphatic rings. The van der Waals surface area contributed by atoms with Crippen molar-refractivity contribution in [2.75, 3.05) is 25.1 Å². The third-order valence-electron chi connectivity index (χ3n) is 2.61. The maximum absolute atomic E-state index is 5.87. The van der Waals surface area contributed by atoms with E-state index in [1.165, 1.54) is 0 Å². The molecule has 2 unspecified atom stereocenters. The van der Waals surface area contributed by atoms with Crippen molar-refractivity contribution in [3.8, 4) is 0 Å². The Morgan fingerprint density at radius 2 is 2.57 bits per heavy atom. The Labute approximate surface area is 83.2 Å². The minimum atomic E-state index is 0.163. The number of nitrogens with one attached hydrogen (secondary N) is 1. The van der Waals surface area contributed by atoms with E-state index in [0.717, 1.165) is 19.0 Å². The van der Waals surface area contributed by atoms with Gasteiger partial charge in [0.1, 0.15) is 5.82 Å². The van der Waals surface area contributed by atoms with Gasteiger partial charge in [0.2, 0.25) is 0 Å². The lowest BCUT2D eigenvalue weighted by molar-refractivity contribution is 0.185. The predicted octanol–water partition coefficient (Wildman–Crippen LogP) is -0.194. The van der Waals surface area contributed by atoms with E-state index in [0.29, 0.717) is 12.5 Å². The summed E-state index contributed by atoms with van der Waals surface area (Å²) in [5.74, 6) is 1.43. The molecule has 3 N–H and O–H groups in total. The first-order chi connectivity index (χ1) is 6.77. The minimum Gasteiger partial charge on any atom is -0.379 e. The molecular formula is C9H16N4O. The molecule has 1 saturated heterocycles. The molecule has 14 heavy (non-hydrogen) atoms. The third kappa shape index (κ3) is 1.88. The Morgan fingerprint density at radius 3 is 3.14 bits per heavy atom. The van der Waals surface area contributed by atoms with Crippen molar-refractivity contribution in [2.24, 2.45) is 18.7 Å². The quantitative estimate of drug-likeness (QED) is 0.703. The van der Waals surface area contributed by atoms with Crippen LogP contribution in [0, 0.1) is 5.92 Å². The van der Waals surface area contributed by atoms with Crippen LogP contribution in [0.2, 0.25) is 0 Å². The number of ether oxygens (including phenoxy) is 1. The first-order valence-corrected chi connectivity index (χ1v) is 4.82. The second kappa shape index (κ2) is 3.98. The molecule has 2 heterocycles. The molecule has 5 heteroatoms. The van der Waals surface area contributed by atoms with Gasteiger partial charge in [0.15, 0.2) is 0 Å². The van der Waals surface area contributed by atoms with Crippen LogP contribution in [-0.2, 0) is 11.8 Å². The van der Waals surface area contributed by atoms with Gasteiger partial charge in [0, 0.05) is 31.6 Å². The van der Waals surface area contributed by atoms with Gasteiger partial charge in [-0.25, -0.2) is 0 Å². The summed E-state index contributed by atoms with van der Waals surface area (Å²) in [5.41, 5.74) is 5.87. The van der Waals surface area contributed by atoms with Gasteiger partial charge in [-0.05, 0) is 0 Å². The number of hydrogen-bond donors (Lipinski definition) is 2. The summed E-state index contributed by atoms with van der Waals surface area (Å²) in [5, 5.41) is 7.38. The van der Waals surface area contributed by atoms with E-state index >= 15 is 0 Å². The number of hydrogen-bond acceptors (Lipinski definition) is 4. The van der Waals surface area contributed by atoms with Crippen molar-refractivity contribution in [1.82, 2.24) is 9.78 Å². The van der Waals surface area contributed by atoms with Gasteiger partial charge >= 0.3 is 0 Å². The number of aryl methyl sites for hydroxylation is 1. The largest absolute Gasteiger partial charge is 0.379 e. The summed E-state index contributed by atoms with van der Waals surface area (Å²) in [6.45, 7) is 2.28. The van der Waals surface area contributed by atoms with Crippen LogP contribution >= 0.6 is 0 Å². The van der Waals surface area contributed by atoms with Crippen LogP contribution < -0.4 is 11.1 Å². The normalized spacial score (nSPS) is 26.7. The molecule has 0 aliphatic carbocycles. The molecular weight excluding hydrogens is 180 g/mol. The number of nitrogens with two attached hydrogens (primary N) is 1. The van der Waals surface area contributed by atoms with Crippen molar-refractivity contribution in [3.05, 3.63) is 12.3 Å². The Bertz CT molecular complexity index is 299. The molecule has 1 aromatic heterocycles. The van der Waals surface area contributed by atoms with Gasteiger partial charge in [-0.3, -0.25) is 4.68 Å². The second-order valence-corrected chi connectivity index (χ2v) is 3.68. The van der Waals surface area contributed by atoms with E-state index < -0.39 is 0 Å². The van der Waals surface area contributed by atoms with Gasteiger partial charge in [0.05, 0.1) is 19.4 Å². The zero-order valence-electron chi connectivity index (χ0n) is 8.31. The number of anilines is 1. The van der Waals surface area contributed by atoms with Crippen LogP contribution in [0.1, 0.15) is 0 Å². The smallest absolute Gasteiger partial charge is 0.123 e. The van der Waals surface area contributed by atoms with Crippen molar-refractivity contribution in [3.63, 3.8) is 0 Å². The molecule has 1 aliphatic heterocycles. The van der Waals surface area contributed by atoms with Crippen LogP contribution in [0.4, 0.5) is 5.82 Å². The summed E-state index contributed by atoms with van der Waals surface area (Å²) in [6, 6.07) is 2.11. The van der Waals surface area contributed by atoms with Crippen molar-refractivity contribution in [2.45, 2.75) is 6.04 Å². The van der Waals surface area contributed by atoms with Gasteiger partial charge in [-0.2, -0.15) is 5.10 Å². The fourth-order valence-corrected chi connectivity index (χ4v) is 1.61. The number of nitrogens with zero attached hydrogens (tertiary/aromatic N) is 2. The average Bonchev–Trinajstić information content (AvgIpc) is 2.72. The number of aromatic nitrogens is 2. The molecule has 0 amide bonds. The lowest BCUT2D eigenvalue weighted by Crippen LogP contribution is -2.33. The Kier molecular flexibility index (Phi) is 2.69. The van der Waals surface area contributed by atoms with Crippen molar-refractivity contribution in [1.29, 1.82) is 0 Å². The molecule has 0 radical (unpaired) electrons. The van der Waals surface area contributed by atoms with Crippen molar-refractivity contribution < 1.29 is 4.74 Å². The fraction of sp³-hybridized carbons (Fsp3) is 0.667. The molecule has 2 rings (SSSR count). The van der Waals surface area contributed by atoms with E-state index in [1.54, 1.807) is 10.9 Å². The molecule has 1 aromatic rings.